The van der Waals surface area contributed by atoms with Gasteiger partial charge in [0.1, 0.15) is 0 Å². The summed E-state index contributed by atoms with van der Waals surface area (Å²) in [6, 6.07) is 1.42. The molecule has 1 heterocycles. The summed E-state index contributed by atoms with van der Waals surface area (Å²) in [4.78, 5) is 2.77. The van der Waals surface area contributed by atoms with Crippen molar-refractivity contribution in [3.8, 4) is 0 Å². The number of fused-ring (bicyclic) bond motifs is 1. The Labute approximate surface area is 124 Å². The van der Waals surface area contributed by atoms with Gasteiger partial charge >= 0.3 is 0 Å². The fourth-order valence-electron chi connectivity index (χ4n) is 5.05. The van der Waals surface area contributed by atoms with Gasteiger partial charge < -0.3 is 10.1 Å². The van der Waals surface area contributed by atoms with Gasteiger partial charge in [-0.3, -0.25) is 4.90 Å². The molecule has 6 atom stereocenters. The van der Waals surface area contributed by atoms with Crippen LogP contribution in [0.4, 0.5) is 0 Å². The van der Waals surface area contributed by atoms with E-state index in [-0.39, 0.29) is 0 Å². The summed E-state index contributed by atoms with van der Waals surface area (Å²) in [5, 5.41) is 3.61. The third kappa shape index (κ3) is 2.90. The largest absolute Gasteiger partial charge is 0.375 e. The maximum atomic E-state index is 5.96. The Morgan fingerprint density at radius 1 is 1.20 bits per heavy atom. The Kier molecular flexibility index (Phi) is 4.68. The number of nitrogens with zero attached hydrogens (tertiary/aromatic N) is 1. The molecule has 3 heteroatoms. The summed E-state index contributed by atoms with van der Waals surface area (Å²) >= 11 is 0. The molecule has 1 saturated heterocycles. The summed E-state index contributed by atoms with van der Waals surface area (Å²) in [7, 11) is 2.15. The number of hydrogen-bond acceptors (Lipinski definition) is 3. The molecule has 2 saturated carbocycles. The molecule has 0 aromatic carbocycles. The average Bonchev–Trinajstić information content (AvgIpc) is 2.90. The molecular formula is C17H32N2O. The first-order valence-electron chi connectivity index (χ1n) is 8.72. The second kappa shape index (κ2) is 6.33. The van der Waals surface area contributed by atoms with Gasteiger partial charge in [0.05, 0.1) is 12.7 Å². The van der Waals surface area contributed by atoms with E-state index in [2.05, 4.69) is 31.1 Å². The first-order valence-corrected chi connectivity index (χ1v) is 8.72. The molecule has 3 nitrogen and oxygen atoms in total. The van der Waals surface area contributed by atoms with Crippen LogP contribution < -0.4 is 5.32 Å². The van der Waals surface area contributed by atoms with Crippen molar-refractivity contribution < 1.29 is 4.74 Å². The number of morpholine rings is 1. The van der Waals surface area contributed by atoms with Gasteiger partial charge in [-0.05, 0) is 56.9 Å². The molecule has 1 N–H and O–H groups in total. The standard InChI is InChI=1S/C17H32N2O/c1-12-9-13(2)14(15(10-12)18-3)11-19-7-8-20-17-6-4-5-16(17)19/h12-18H,4-11H2,1-3H3. The third-order valence-corrected chi connectivity index (χ3v) is 6.09. The molecule has 0 radical (unpaired) electrons. The van der Waals surface area contributed by atoms with E-state index in [9.17, 15) is 0 Å². The maximum Gasteiger partial charge on any atom is 0.0730 e. The molecule has 3 rings (SSSR count). The molecule has 116 valence electrons. The lowest BCUT2D eigenvalue weighted by molar-refractivity contribution is -0.0671. The van der Waals surface area contributed by atoms with Gasteiger partial charge in [-0.15, -0.1) is 0 Å². The van der Waals surface area contributed by atoms with Gasteiger partial charge in [-0.25, -0.2) is 0 Å². The molecule has 1 aliphatic heterocycles. The minimum absolute atomic E-state index is 0.537. The molecule has 0 aromatic heterocycles. The van der Waals surface area contributed by atoms with Crippen molar-refractivity contribution in [2.75, 3.05) is 26.7 Å². The Morgan fingerprint density at radius 2 is 2.05 bits per heavy atom. The van der Waals surface area contributed by atoms with Crippen molar-refractivity contribution in [1.29, 1.82) is 0 Å². The molecule has 6 unspecified atom stereocenters. The second-order valence-corrected chi connectivity index (χ2v) is 7.52. The maximum absolute atomic E-state index is 5.96. The van der Waals surface area contributed by atoms with E-state index >= 15 is 0 Å². The van der Waals surface area contributed by atoms with Gasteiger partial charge in [-0.1, -0.05) is 13.8 Å². The Hall–Kier alpha value is -0.120. The molecule has 0 bridgehead atoms. The highest BCUT2D eigenvalue weighted by molar-refractivity contribution is 4.94. The van der Waals surface area contributed by atoms with Crippen LogP contribution in [0.2, 0.25) is 0 Å². The first-order chi connectivity index (χ1) is 9.69. The predicted molar refractivity (Wildman–Crippen MR) is 82.9 cm³/mol. The van der Waals surface area contributed by atoms with E-state index in [0.717, 1.165) is 30.9 Å². The normalized spacial score (nSPS) is 46.4. The van der Waals surface area contributed by atoms with Crippen molar-refractivity contribution in [1.82, 2.24) is 10.2 Å². The molecule has 0 amide bonds. The predicted octanol–water partition coefficient (Wildman–Crippen LogP) is 2.51. The van der Waals surface area contributed by atoms with Crippen LogP contribution in [0.15, 0.2) is 0 Å². The molecule has 2 aliphatic carbocycles. The van der Waals surface area contributed by atoms with Crippen molar-refractivity contribution in [2.24, 2.45) is 17.8 Å². The molecule has 3 fully saturated rings. The Bertz CT molecular complexity index is 322. The van der Waals surface area contributed by atoms with E-state index in [4.69, 9.17) is 4.74 Å². The SMILES string of the molecule is CNC1CC(C)CC(C)C1CN1CCOC2CCCC21. The minimum atomic E-state index is 0.537. The highest BCUT2D eigenvalue weighted by Gasteiger charge is 2.40. The van der Waals surface area contributed by atoms with E-state index in [1.807, 2.05) is 0 Å². The van der Waals surface area contributed by atoms with Crippen molar-refractivity contribution in [3.05, 3.63) is 0 Å². The van der Waals surface area contributed by atoms with Crippen LogP contribution in [0.1, 0.15) is 46.0 Å². The lowest BCUT2D eigenvalue weighted by atomic mass is 9.72. The summed E-state index contributed by atoms with van der Waals surface area (Å²) in [5.41, 5.74) is 0. The second-order valence-electron chi connectivity index (χ2n) is 7.52. The van der Waals surface area contributed by atoms with E-state index in [1.165, 1.54) is 38.6 Å². The zero-order chi connectivity index (χ0) is 14.1. The van der Waals surface area contributed by atoms with Crippen molar-refractivity contribution >= 4 is 0 Å². The number of hydrogen-bond donors (Lipinski definition) is 1. The summed E-state index contributed by atoms with van der Waals surface area (Å²) in [6.45, 7) is 8.26. The van der Waals surface area contributed by atoms with Gasteiger partial charge in [0, 0.05) is 25.2 Å². The quantitative estimate of drug-likeness (QED) is 0.860. The fourth-order valence-corrected chi connectivity index (χ4v) is 5.05. The molecule has 3 aliphatic rings. The molecule has 0 spiro atoms. The number of nitrogens with one attached hydrogen (secondary N) is 1. The molecular weight excluding hydrogens is 248 g/mol. The lowest BCUT2D eigenvalue weighted by Crippen LogP contribution is -2.54. The van der Waals surface area contributed by atoms with Crippen LogP contribution in [-0.4, -0.2) is 49.8 Å². The Morgan fingerprint density at radius 3 is 2.85 bits per heavy atom. The average molecular weight is 280 g/mol. The van der Waals surface area contributed by atoms with Crippen LogP contribution in [0.5, 0.6) is 0 Å². The lowest BCUT2D eigenvalue weighted by Gasteiger charge is -2.45. The van der Waals surface area contributed by atoms with Crippen molar-refractivity contribution in [2.45, 2.75) is 64.1 Å². The topological polar surface area (TPSA) is 24.5 Å². The van der Waals surface area contributed by atoms with Gasteiger partial charge in [0.25, 0.3) is 0 Å². The van der Waals surface area contributed by atoms with Crippen LogP contribution >= 0.6 is 0 Å². The molecule has 20 heavy (non-hydrogen) atoms. The van der Waals surface area contributed by atoms with Crippen LogP contribution in [-0.2, 0) is 4.74 Å². The van der Waals surface area contributed by atoms with Crippen molar-refractivity contribution in [3.63, 3.8) is 0 Å². The van der Waals surface area contributed by atoms with Gasteiger partial charge in [0.15, 0.2) is 0 Å². The van der Waals surface area contributed by atoms with E-state index in [1.54, 1.807) is 0 Å². The van der Waals surface area contributed by atoms with Crippen LogP contribution in [0.3, 0.4) is 0 Å². The van der Waals surface area contributed by atoms with E-state index < -0.39 is 0 Å². The van der Waals surface area contributed by atoms with Crippen LogP contribution in [0.25, 0.3) is 0 Å². The molecule has 0 aromatic rings. The van der Waals surface area contributed by atoms with Crippen LogP contribution in [0, 0.1) is 17.8 Å². The zero-order valence-corrected chi connectivity index (χ0v) is 13.5. The smallest absolute Gasteiger partial charge is 0.0730 e. The third-order valence-electron chi connectivity index (χ3n) is 6.09. The minimum Gasteiger partial charge on any atom is -0.375 e. The first kappa shape index (κ1) is 14.8. The fraction of sp³-hybridized carbons (Fsp3) is 1.00. The highest BCUT2D eigenvalue weighted by atomic mass is 16.5. The summed E-state index contributed by atoms with van der Waals surface area (Å²) in [6.07, 6.45) is 7.29. The monoisotopic (exact) mass is 280 g/mol. The van der Waals surface area contributed by atoms with Gasteiger partial charge in [-0.2, -0.15) is 0 Å². The number of ether oxygens (including phenoxy) is 1. The highest BCUT2D eigenvalue weighted by Crippen LogP contribution is 2.36. The van der Waals surface area contributed by atoms with E-state index in [0.29, 0.717) is 18.2 Å². The van der Waals surface area contributed by atoms with Gasteiger partial charge in [0.2, 0.25) is 0 Å². The summed E-state index contributed by atoms with van der Waals surface area (Å²) < 4.78 is 5.96. The zero-order valence-electron chi connectivity index (χ0n) is 13.5. The number of rotatable bonds is 3. The Balaban J connectivity index is 1.65. The summed E-state index contributed by atoms with van der Waals surface area (Å²) in [5.74, 6) is 2.54.